The van der Waals surface area contributed by atoms with Gasteiger partial charge in [-0.1, -0.05) is 11.6 Å². The summed E-state index contributed by atoms with van der Waals surface area (Å²) < 4.78 is 22.2. The molecule has 2 aliphatic heterocycles. The van der Waals surface area contributed by atoms with Crippen molar-refractivity contribution in [3.63, 3.8) is 0 Å². The lowest BCUT2D eigenvalue weighted by Gasteiger charge is -2.41. The summed E-state index contributed by atoms with van der Waals surface area (Å²) in [7, 11) is -2.96. The highest BCUT2D eigenvalue weighted by Gasteiger charge is 2.39. The highest BCUT2D eigenvalue weighted by atomic mass is 35.5. The van der Waals surface area contributed by atoms with Crippen LogP contribution >= 0.6 is 11.6 Å². The van der Waals surface area contributed by atoms with Crippen molar-refractivity contribution in [3.8, 4) is 11.5 Å². The van der Waals surface area contributed by atoms with Gasteiger partial charge < -0.3 is 20.0 Å². The number of nitrogens with zero attached hydrogens (tertiary/aromatic N) is 3. The van der Waals surface area contributed by atoms with Crippen LogP contribution in [0.5, 0.6) is 11.5 Å². The van der Waals surface area contributed by atoms with Crippen molar-refractivity contribution in [2.45, 2.75) is 43.9 Å². The molecule has 0 aliphatic carbocycles. The molecule has 1 aromatic rings. The van der Waals surface area contributed by atoms with Crippen molar-refractivity contribution in [2.75, 3.05) is 19.6 Å². The van der Waals surface area contributed by atoms with Crippen molar-refractivity contribution in [1.82, 2.24) is 15.2 Å². The van der Waals surface area contributed by atoms with E-state index < -0.39 is 44.7 Å². The quantitative estimate of drug-likeness (QED) is 0.137. The Morgan fingerprint density at radius 2 is 1.94 bits per heavy atom. The standard InChI is InChI=1S/C21H27ClN4O7S/c1-12-9-16(28)26(12)11-21(2,34(32)33)10-23-24-19(30)13-5-7-25(8-6-13)20(31)14-3-4-15(27)18(29)17(14)22/h3-4,10,12-13,27,29,34H,5-9,11H2,1-2H3,(H,24,30)/b23-10+/t12-,21+/m1/s1. The zero-order valence-electron chi connectivity index (χ0n) is 18.7. The Labute approximate surface area is 203 Å². The minimum atomic E-state index is -2.96. The third-order valence-corrected chi connectivity index (χ3v) is 7.70. The van der Waals surface area contributed by atoms with E-state index >= 15 is 0 Å². The topological polar surface area (TPSA) is 157 Å². The van der Waals surface area contributed by atoms with E-state index in [1.165, 1.54) is 28.9 Å². The van der Waals surface area contributed by atoms with E-state index in [1.807, 2.05) is 6.92 Å². The van der Waals surface area contributed by atoms with Gasteiger partial charge in [0.25, 0.3) is 5.91 Å². The summed E-state index contributed by atoms with van der Waals surface area (Å²) in [6.07, 6.45) is 2.21. The van der Waals surface area contributed by atoms with Gasteiger partial charge in [0.1, 0.15) is 4.75 Å². The second-order valence-corrected chi connectivity index (χ2v) is 10.7. The minimum Gasteiger partial charge on any atom is -0.504 e. The van der Waals surface area contributed by atoms with Crippen LogP contribution in [-0.4, -0.2) is 82.8 Å². The lowest BCUT2D eigenvalue weighted by atomic mass is 9.95. The lowest BCUT2D eigenvalue weighted by Crippen LogP contribution is -2.57. The van der Waals surface area contributed by atoms with E-state index in [4.69, 9.17) is 11.6 Å². The number of β-lactam (4-membered cyclic amide) rings is 1. The number of piperidine rings is 1. The summed E-state index contributed by atoms with van der Waals surface area (Å²) in [5, 5.41) is 22.8. The predicted octanol–water partition coefficient (Wildman–Crippen LogP) is 0.696. The highest BCUT2D eigenvalue weighted by molar-refractivity contribution is 7.75. The lowest BCUT2D eigenvalue weighted by molar-refractivity contribution is -0.145. The molecule has 2 atom stereocenters. The Balaban J connectivity index is 1.55. The summed E-state index contributed by atoms with van der Waals surface area (Å²) in [5.41, 5.74) is 2.41. The molecule has 0 bridgehead atoms. The molecule has 2 aliphatic rings. The molecule has 0 spiro atoms. The van der Waals surface area contributed by atoms with Crippen LogP contribution in [0.2, 0.25) is 5.02 Å². The van der Waals surface area contributed by atoms with Gasteiger partial charge in [0.2, 0.25) is 11.8 Å². The van der Waals surface area contributed by atoms with Crippen molar-refractivity contribution in [3.05, 3.63) is 22.7 Å². The molecule has 3 rings (SSSR count). The molecule has 2 heterocycles. The van der Waals surface area contributed by atoms with Crippen LogP contribution in [-0.2, 0) is 20.3 Å². The Morgan fingerprint density at radius 1 is 1.29 bits per heavy atom. The van der Waals surface area contributed by atoms with Gasteiger partial charge in [0, 0.05) is 44.2 Å². The third-order valence-electron chi connectivity index (χ3n) is 6.23. The fourth-order valence-corrected chi connectivity index (χ4v) is 4.57. The van der Waals surface area contributed by atoms with Gasteiger partial charge in [0.05, 0.1) is 10.6 Å². The van der Waals surface area contributed by atoms with E-state index in [2.05, 4.69) is 10.5 Å². The van der Waals surface area contributed by atoms with Gasteiger partial charge in [-0.2, -0.15) is 5.10 Å². The summed E-state index contributed by atoms with van der Waals surface area (Å²) in [6.45, 7) is 3.74. The first-order valence-electron chi connectivity index (χ1n) is 10.7. The molecule has 0 saturated carbocycles. The molecule has 0 unspecified atom stereocenters. The molecule has 1 aromatic carbocycles. The molecule has 34 heavy (non-hydrogen) atoms. The summed E-state index contributed by atoms with van der Waals surface area (Å²) in [6, 6.07) is 2.45. The molecule has 186 valence electrons. The number of benzene rings is 1. The van der Waals surface area contributed by atoms with Crippen LogP contribution in [0, 0.1) is 5.92 Å². The van der Waals surface area contributed by atoms with Gasteiger partial charge in [-0.05, 0) is 38.8 Å². The summed E-state index contributed by atoms with van der Waals surface area (Å²) in [4.78, 5) is 39.9. The van der Waals surface area contributed by atoms with Gasteiger partial charge in [0.15, 0.2) is 22.2 Å². The SMILES string of the molecule is C[C@@H]1CC(=O)N1C[C@](C)(/C=N/NC(=O)C1CCN(C(=O)c2ccc(O)c(O)c2Cl)CC1)[SH](=O)=O. The fourth-order valence-electron chi connectivity index (χ4n) is 3.91. The number of halogens is 1. The number of likely N-dealkylation sites (tertiary alicyclic amines) is 2. The molecule has 2 fully saturated rings. The molecule has 13 heteroatoms. The molecular weight excluding hydrogens is 488 g/mol. The molecular formula is C21H27ClN4O7S. The number of carbonyl (C=O) groups is 3. The average molecular weight is 515 g/mol. The number of phenolic OH excluding ortho intramolecular Hbond substituents is 2. The number of carbonyl (C=O) groups excluding carboxylic acids is 3. The number of hydrogen-bond donors (Lipinski definition) is 4. The maximum absolute atomic E-state index is 12.7. The van der Waals surface area contributed by atoms with Crippen molar-refractivity contribution >= 4 is 46.2 Å². The zero-order chi connectivity index (χ0) is 25.2. The molecule has 3 N–H and O–H groups in total. The van der Waals surface area contributed by atoms with E-state index in [0.29, 0.717) is 19.3 Å². The van der Waals surface area contributed by atoms with Gasteiger partial charge in [-0.15, -0.1) is 0 Å². The van der Waals surface area contributed by atoms with E-state index in [0.717, 1.165) is 6.21 Å². The number of phenols is 2. The first-order chi connectivity index (χ1) is 15.9. The predicted molar refractivity (Wildman–Crippen MR) is 125 cm³/mol. The maximum atomic E-state index is 12.7. The smallest absolute Gasteiger partial charge is 0.255 e. The summed E-state index contributed by atoms with van der Waals surface area (Å²) in [5.74, 6) is -2.39. The fraction of sp³-hybridized carbons (Fsp3) is 0.524. The van der Waals surface area contributed by atoms with Crippen LogP contribution in [0.15, 0.2) is 17.2 Å². The van der Waals surface area contributed by atoms with Crippen LogP contribution in [0.25, 0.3) is 0 Å². The normalized spacial score (nSPS) is 20.9. The van der Waals surface area contributed by atoms with Gasteiger partial charge >= 0.3 is 0 Å². The van der Waals surface area contributed by atoms with E-state index in [9.17, 15) is 33.0 Å². The van der Waals surface area contributed by atoms with Crippen molar-refractivity contribution in [2.24, 2.45) is 11.0 Å². The average Bonchev–Trinajstić information content (AvgIpc) is 2.81. The van der Waals surface area contributed by atoms with Crippen molar-refractivity contribution < 1.29 is 33.0 Å². The molecule has 11 nitrogen and oxygen atoms in total. The first kappa shape index (κ1) is 25.8. The second-order valence-electron chi connectivity index (χ2n) is 8.78. The third kappa shape index (κ3) is 5.27. The van der Waals surface area contributed by atoms with Crippen LogP contribution in [0.3, 0.4) is 0 Å². The van der Waals surface area contributed by atoms with Crippen LogP contribution in [0.4, 0.5) is 0 Å². The Bertz CT molecular complexity index is 1090. The molecule has 3 amide bonds. The number of amides is 3. The number of hydrogen-bond acceptors (Lipinski definition) is 8. The first-order valence-corrected chi connectivity index (χ1v) is 12.3. The van der Waals surface area contributed by atoms with Crippen LogP contribution in [0.1, 0.15) is 43.5 Å². The van der Waals surface area contributed by atoms with Gasteiger partial charge in [-0.25, -0.2) is 13.8 Å². The molecule has 0 aromatic heterocycles. The molecule has 2 saturated heterocycles. The van der Waals surface area contributed by atoms with Gasteiger partial charge in [-0.3, -0.25) is 14.4 Å². The van der Waals surface area contributed by atoms with E-state index in [1.54, 1.807) is 0 Å². The number of thiol groups is 1. The zero-order valence-corrected chi connectivity index (χ0v) is 20.4. The number of rotatable bonds is 7. The minimum absolute atomic E-state index is 0.0407. The number of nitrogens with one attached hydrogen (secondary N) is 1. The maximum Gasteiger partial charge on any atom is 0.255 e. The monoisotopic (exact) mass is 514 g/mol. The van der Waals surface area contributed by atoms with Crippen LogP contribution < -0.4 is 5.43 Å². The Hall–Kier alpha value is -2.86. The number of hydrazone groups is 1. The summed E-state index contributed by atoms with van der Waals surface area (Å²) >= 11 is 5.97. The Kier molecular flexibility index (Phi) is 7.71. The van der Waals surface area contributed by atoms with E-state index in [-0.39, 0.29) is 42.2 Å². The highest BCUT2D eigenvalue weighted by Crippen LogP contribution is 2.36. The second kappa shape index (κ2) is 10.2. The Morgan fingerprint density at radius 3 is 2.50 bits per heavy atom. The largest absolute Gasteiger partial charge is 0.504 e. The van der Waals surface area contributed by atoms with Crippen molar-refractivity contribution in [1.29, 1.82) is 0 Å². The number of aromatic hydroxyl groups is 2. The molecule has 0 radical (unpaired) electrons.